The monoisotopic (exact) mass is 306 g/mol. The van der Waals surface area contributed by atoms with E-state index in [2.05, 4.69) is 15.9 Å². The minimum Gasteiger partial charge on any atom is -0.497 e. The van der Waals surface area contributed by atoms with Crippen LogP contribution < -0.4 is 4.74 Å². The molecule has 0 aliphatic heterocycles. The highest BCUT2D eigenvalue weighted by Crippen LogP contribution is 2.24. The average molecular weight is 307 g/mol. The van der Waals surface area contributed by atoms with Crippen molar-refractivity contribution in [1.29, 1.82) is 0 Å². The SMILES string of the molecule is COc1ccc(C(O)Cc2ccccc2Br)cc1. The van der Waals surface area contributed by atoms with Crippen LogP contribution in [0.1, 0.15) is 17.2 Å². The van der Waals surface area contributed by atoms with E-state index in [0.717, 1.165) is 21.3 Å². The highest BCUT2D eigenvalue weighted by Gasteiger charge is 2.10. The molecule has 18 heavy (non-hydrogen) atoms. The van der Waals surface area contributed by atoms with Gasteiger partial charge in [0.1, 0.15) is 5.75 Å². The molecule has 0 amide bonds. The molecule has 0 fully saturated rings. The van der Waals surface area contributed by atoms with Crippen molar-refractivity contribution in [3.05, 3.63) is 64.1 Å². The Bertz CT molecular complexity index is 508. The molecular formula is C15H15BrO2. The molecule has 0 saturated carbocycles. The van der Waals surface area contributed by atoms with Gasteiger partial charge in [0.2, 0.25) is 0 Å². The van der Waals surface area contributed by atoms with Gasteiger partial charge >= 0.3 is 0 Å². The first-order chi connectivity index (χ1) is 8.70. The third-order valence-electron chi connectivity index (χ3n) is 2.87. The summed E-state index contributed by atoms with van der Waals surface area (Å²) in [5, 5.41) is 10.2. The van der Waals surface area contributed by atoms with E-state index in [0.29, 0.717) is 6.42 Å². The third kappa shape index (κ3) is 3.12. The fourth-order valence-electron chi connectivity index (χ4n) is 1.82. The Morgan fingerprint density at radius 3 is 2.39 bits per heavy atom. The van der Waals surface area contributed by atoms with Gasteiger partial charge in [-0.15, -0.1) is 0 Å². The standard InChI is InChI=1S/C15H15BrO2/c1-18-13-8-6-11(7-9-13)15(17)10-12-4-2-3-5-14(12)16/h2-9,15,17H,10H2,1H3. The van der Waals surface area contributed by atoms with Crippen LogP contribution >= 0.6 is 15.9 Å². The summed E-state index contributed by atoms with van der Waals surface area (Å²) in [4.78, 5) is 0. The second kappa shape index (κ2) is 6.03. The molecule has 0 aromatic heterocycles. The molecule has 2 aromatic carbocycles. The number of benzene rings is 2. The molecule has 2 rings (SSSR count). The van der Waals surface area contributed by atoms with Gasteiger partial charge in [-0.05, 0) is 29.3 Å². The van der Waals surface area contributed by atoms with Crippen molar-refractivity contribution in [3.8, 4) is 5.75 Å². The van der Waals surface area contributed by atoms with Crippen LogP contribution in [0.2, 0.25) is 0 Å². The summed E-state index contributed by atoms with van der Waals surface area (Å²) in [6.07, 6.45) is 0.0860. The van der Waals surface area contributed by atoms with Crippen molar-refractivity contribution < 1.29 is 9.84 Å². The molecule has 0 radical (unpaired) electrons. The van der Waals surface area contributed by atoms with Crippen molar-refractivity contribution >= 4 is 15.9 Å². The van der Waals surface area contributed by atoms with Gasteiger partial charge in [-0.3, -0.25) is 0 Å². The highest BCUT2D eigenvalue weighted by atomic mass is 79.9. The number of hydrogen-bond donors (Lipinski definition) is 1. The predicted molar refractivity (Wildman–Crippen MR) is 75.8 cm³/mol. The van der Waals surface area contributed by atoms with Crippen molar-refractivity contribution in [2.24, 2.45) is 0 Å². The lowest BCUT2D eigenvalue weighted by molar-refractivity contribution is 0.178. The Morgan fingerprint density at radius 1 is 1.11 bits per heavy atom. The summed E-state index contributed by atoms with van der Waals surface area (Å²) in [5.74, 6) is 0.798. The van der Waals surface area contributed by atoms with Crippen LogP contribution in [0.4, 0.5) is 0 Å². The summed E-state index contributed by atoms with van der Waals surface area (Å²) in [5.41, 5.74) is 1.99. The van der Waals surface area contributed by atoms with E-state index in [-0.39, 0.29) is 0 Å². The molecule has 1 unspecified atom stereocenters. The summed E-state index contributed by atoms with van der Waals surface area (Å²) in [6.45, 7) is 0. The largest absolute Gasteiger partial charge is 0.497 e. The van der Waals surface area contributed by atoms with Crippen LogP contribution in [0, 0.1) is 0 Å². The predicted octanol–water partition coefficient (Wildman–Crippen LogP) is 3.73. The van der Waals surface area contributed by atoms with Gasteiger partial charge in [0, 0.05) is 10.9 Å². The molecule has 2 aromatic rings. The summed E-state index contributed by atoms with van der Waals surface area (Å²) in [7, 11) is 1.63. The molecule has 0 heterocycles. The van der Waals surface area contributed by atoms with Gasteiger partial charge in [0.05, 0.1) is 13.2 Å². The number of halogens is 1. The third-order valence-corrected chi connectivity index (χ3v) is 3.65. The lowest BCUT2D eigenvalue weighted by Gasteiger charge is -2.12. The van der Waals surface area contributed by atoms with E-state index in [1.165, 1.54) is 0 Å². The average Bonchev–Trinajstić information content (AvgIpc) is 2.41. The van der Waals surface area contributed by atoms with E-state index in [9.17, 15) is 5.11 Å². The highest BCUT2D eigenvalue weighted by molar-refractivity contribution is 9.10. The zero-order chi connectivity index (χ0) is 13.0. The van der Waals surface area contributed by atoms with Crippen molar-refractivity contribution in [3.63, 3.8) is 0 Å². The van der Waals surface area contributed by atoms with Crippen molar-refractivity contribution in [2.45, 2.75) is 12.5 Å². The molecule has 0 aliphatic carbocycles. The Kier molecular flexibility index (Phi) is 4.39. The molecular weight excluding hydrogens is 292 g/mol. The van der Waals surface area contributed by atoms with E-state index in [1.807, 2.05) is 48.5 Å². The maximum atomic E-state index is 10.2. The van der Waals surface area contributed by atoms with Gasteiger partial charge in [0.15, 0.2) is 0 Å². The topological polar surface area (TPSA) is 29.5 Å². The van der Waals surface area contributed by atoms with Crippen molar-refractivity contribution in [1.82, 2.24) is 0 Å². The fraction of sp³-hybridized carbons (Fsp3) is 0.200. The van der Waals surface area contributed by atoms with Gasteiger partial charge in [0.25, 0.3) is 0 Å². The summed E-state index contributed by atoms with van der Waals surface area (Å²) in [6, 6.07) is 15.4. The Hall–Kier alpha value is -1.32. The molecule has 0 bridgehead atoms. The Balaban J connectivity index is 2.11. The smallest absolute Gasteiger partial charge is 0.118 e. The lowest BCUT2D eigenvalue weighted by Crippen LogP contribution is -2.02. The molecule has 1 atom stereocenters. The molecule has 94 valence electrons. The van der Waals surface area contributed by atoms with Gasteiger partial charge in [-0.25, -0.2) is 0 Å². The first kappa shape index (κ1) is 13.1. The number of methoxy groups -OCH3 is 1. The lowest BCUT2D eigenvalue weighted by atomic mass is 10.0. The van der Waals surface area contributed by atoms with E-state index >= 15 is 0 Å². The number of aliphatic hydroxyl groups excluding tert-OH is 1. The molecule has 2 nitrogen and oxygen atoms in total. The summed E-state index contributed by atoms with van der Waals surface area (Å²) >= 11 is 3.49. The number of hydrogen-bond acceptors (Lipinski definition) is 2. The fourth-order valence-corrected chi connectivity index (χ4v) is 2.26. The van der Waals surface area contributed by atoms with E-state index < -0.39 is 6.10 Å². The zero-order valence-electron chi connectivity index (χ0n) is 10.1. The summed E-state index contributed by atoms with van der Waals surface area (Å²) < 4.78 is 6.12. The molecule has 0 saturated heterocycles. The second-order valence-corrected chi connectivity index (χ2v) is 4.94. The Morgan fingerprint density at radius 2 is 1.78 bits per heavy atom. The van der Waals surface area contributed by atoms with Gasteiger partial charge in [-0.1, -0.05) is 46.3 Å². The van der Waals surface area contributed by atoms with Gasteiger partial charge in [-0.2, -0.15) is 0 Å². The van der Waals surface area contributed by atoms with Crippen molar-refractivity contribution in [2.75, 3.05) is 7.11 Å². The molecule has 3 heteroatoms. The first-order valence-corrected chi connectivity index (χ1v) is 6.55. The van der Waals surface area contributed by atoms with Gasteiger partial charge < -0.3 is 9.84 Å². The number of rotatable bonds is 4. The number of aliphatic hydroxyl groups is 1. The van der Waals surface area contributed by atoms with Crippen LogP contribution in [-0.4, -0.2) is 12.2 Å². The zero-order valence-corrected chi connectivity index (χ0v) is 11.7. The maximum absolute atomic E-state index is 10.2. The normalized spacial score (nSPS) is 12.2. The first-order valence-electron chi connectivity index (χ1n) is 5.76. The van der Waals surface area contributed by atoms with E-state index in [4.69, 9.17) is 4.74 Å². The minimum absolute atomic E-state index is 0.505. The second-order valence-electron chi connectivity index (χ2n) is 4.08. The number of ether oxygens (including phenoxy) is 1. The van der Waals surface area contributed by atoms with Crippen LogP contribution in [-0.2, 0) is 6.42 Å². The minimum atomic E-state index is -0.505. The molecule has 0 aliphatic rings. The van der Waals surface area contributed by atoms with Crippen LogP contribution in [0.5, 0.6) is 5.75 Å². The van der Waals surface area contributed by atoms with Crippen LogP contribution in [0.15, 0.2) is 53.0 Å². The van der Waals surface area contributed by atoms with Crippen LogP contribution in [0.3, 0.4) is 0 Å². The van der Waals surface area contributed by atoms with Crippen LogP contribution in [0.25, 0.3) is 0 Å². The quantitative estimate of drug-likeness (QED) is 0.932. The maximum Gasteiger partial charge on any atom is 0.118 e. The molecule has 0 spiro atoms. The van der Waals surface area contributed by atoms with E-state index in [1.54, 1.807) is 7.11 Å². The Labute approximate surface area is 115 Å². The molecule has 1 N–H and O–H groups in total.